The Bertz CT molecular complexity index is 1040. The molecule has 0 spiro atoms. The number of nitrogens with zero attached hydrogens (tertiary/aromatic N) is 5. The molecule has 32 heavy (non-hydrogen) atoms. The molecule has 4 rings (SSSR count). The summed E-state index contributed by atoms with van der Waals surface area (Å²) in [5.74, 6) is 1.35. The minimum absolute atomic E-state index is 0.0856. The molecule has 0 aliphatic carbocycles. The van der Waals surface area contributed by atoms with Crippen LogP contribution in [0, 0.1) is 10.1 Å². The van der Waals surface area contributed by atoms with Crippen LogP contribution in [0.15, 0.2) is 60.9 Å². The van der Waals surface area contributed by atoms with Crippen molar-refractivity contribution < 1.29 is 9.66 Å². The molecule has 9 nitrogen and oxygen atoms in total. The van der Waals surface area contributed by atoms with Crippen molar-refractivity contribution in [2.75, 3.05) is 43.5 Å². The molecule has 166 valence electrons. The second-order valence-corrected chi connectivity index (χ2v) is 7.60. The molecule has 1 aliphatic rings. The van der Waals surface area contributed by atoms with Crippen LogP contribution in [-0.4, -0.2) is 53.1 Å². The van der Waals surface area contributed by atoms with E-state index in [-0.39, 0.29) is 11.5 Å². The Kier molecular flexibility index (Phi) is 6.76. The number of methoxy groups -OCH3 is 1. The molecule has 0 bridgehead atoms. The maximum absolute atomic E-state index is 11.9. The first-order valence-electron chi connectivity index (χ1n) is 10.5. The van der Waals surface area contributed by atoms with Crippen LogP contribution >= 0.6 is 0 Å². The topological polar surface area (TPSA) is 96.7 Å². The van der Waals surface area contributed by atoms with E-state index in [1.54, 1.807) is 7.11 Å². The Labute approximate surface area is 186 Å². The molecule has 0 saturated carbocycles. The van der Waals surface area contributed by atoms with Gasteiger partial charge in [0.05, 0.1) is 12.0 Å². The maximum atomic E-state index is 11.9. The van der Waals surface area contributed by atoms with Crippen LogP contribution < -0.4 is 15.0 Å². The van der Waals surface area contributed by atoms with Gasteiger partial charge in [0.1, 0.15) is 12.1 Å². The van der Waals surface area contributed by atoms with Crippen LogP contribution in [-0.2, 0) is 13.1 Å². The highest BCUT2D eigenvalue weighted by atomic mass is 16.6. The van der Waals surface area contributed by atoms with Crippen LogP contribution in [0.1, 0.15) is 11.1 Å². The normalized spacial score (nSPS) is 14.2. The van der Waals surface area contributed by atoms with Gasteiger partial charge in [-0.1, -0.05) is 42.5 Å². The lowest BCUT2D eigenvalue weighted by Gasteiger charge is -2.35. The summed E-state index contributed by atoms with van der Waals surface area (Å²) in [5, 5.41) is 15.0. The van der Waals surface area contributed by atoms with Gasteiger partial charge >= 0.3 is 5.69 Å². The Balaban J connectivity index is 1.44. The molecule has 1 N–H and O–H groups in total. The van der Waals surface area contributed by atoms with Crippen molar-refractivity contribution in [1.29, 1.82) is 0 Å². The van der Waals surface area contributed by atoms with Gasteiger partial charge in [-0.05, 0) is 23.3 Å². The highest BCUT2D eigenvalue weighted by Gasteiger charge is 2.29. The van der Waals surface area contributed by atoms with Gasteiger partial charge < -0.3 is 15.0 Å². The van der Waals surface area contributed by atoms with Crippen LogP contribution in [0.3, 0.4) is 0 Å². The number of aromatic nitrogens is 2. The van der Waals surface area contributed by atoms with E-state index in [0.29, 0.717) is 25.5 Å². The van der Waals surface area contributed by atoms with Crippen LogP contribution in [0.4, 0.5) is 17.3 Å². The molecule has 1 aliphatic heterocycles. The van der Waals surface area contributed by atoms with E-state index in [9.17, 15) is 10.1 Å². The highest BCUT2D eigenvalue weighted by Crippen LogP contribution is 2.32. The molecule has 0 amide bonds. The van der Waals surface area contributed by atoms with Gasteiger partial charge in [-0.3, -0.25) is 15.0 Å². The number of rotatable bonds is 8. The number of benzene rings is 2. The van der Waals surface area contributed by atoms with Crippen LogP contribution in [0.2, 0.25) is 0 Å². The van der Waals surface area contributed by atoms with Crippen molar-refractivity contribution >= 4 is 17.3 Å². The van der Waals surface area contributed by atoms with Gasteiger partial charge in [-0.15, -0.1) is 0 Å². The summed E-state index contributed by atoms with van der Waals surface area (Å²) in [6.07, 6.45) is 1.38. The molecule has 0 atom stereocenters. The van der Waals surface area contributed by atoms with E-state index in [4.69, 9.17) is 4.74 Å². The SMILES string of the molecule is COc1ccc(CNc2ncnc(N3CCN(Cc4ccccc4)CC3)c2[N+](=O)[O-])cc1. The lowest BCUT2D eigenvalue weighted by molar-refractivity contribution is -0.383. The van der Waals surface area contributed by atoms with Crippen molar-refractivity contribution in [2.24, 2.45) is 0 Å². The van der Waals surface area contributed by atoms with E-state index in [0.717, 1.165) is 30.9 Å². The fraction of sp³-hybridized carbons (Fsp3) is 0.304. The number of piperazine rings is 1. The minimum Gasteiger partial charge on any atom is -0.497 e. The zero-order valence-corrected chi connectivity index (χ0v) is 18.0. The molecule has 1 aromatic heterocycles. The van der Waals surface area contributed by atoms with Gasteiger partial charge in [0.15, 0.2) is 0 Å². The van der Waals surface area contributed by atoms with Crippen LogP contribution in [0.25, 0.3) is 0 Å². The minimum atomic E-state index is -0.401. The fourth-order valence-electron chi connectivity index (χ4n) is 3.79. The van der Waals surface area contributed by atoms with E-state index in [1.165, 1.54) is 11.9 Å². The summed E-state index contributed by atoms with van der Waals surface area (Å²) in [6.45, 7) is 4.24. The average molecular weight is 435 g/mol. The van der Waals surface area contributed by atoms with E-state index >= 15 is 0 Å². The summed E-state index contributed by atoms with van der Waals surface area (Å²) in [7, 11) is 1.61. The summed E-state index contributed by atoms with van der Waals surface area (Å²) in [6, 6.07) is 17.8. The first-order valence-corrected chi connectivity index (χ1v) is 10.5. The lowest BCUT2D eigenvalue weighted by atomic mass is 10.2. The third-order valence-electron chi connectivity index (χ3n) is 5.53. The Morgan fingerprint density at radius 2 is 1.72 bits per heavy atom. The standard InChI is InChI=1S/C23H26N6O3/c1-32-20-9-7-18(8-10-20)15-24-22-21(29(30)31)23(26-17-25-22)28-13-11-27(12-14-28)16-19-5-3-2-4-6-19/h2-10,17H,11-16H2,1H3,(H,24,25,26). The zero-order chi connectivity index (χ0) is 22.3. The van der Waals surface area contributed by atoms with Crippen LogP contribution in [0.5, 0.6) is 5.75 Å². The highest BCUT2D eigenvalue weighted by molar-refractivity contribution is 5.70. The Morgan fingerprint density at radius 1 is 1.00 bits per heavy atom. The number of ether oxygens (including phenoxy) is 1. The first kappa shape index (κ1) is 21.5. The van der Waals surface area contributed by atoms with Crippen molar-refractivity contribution in [1.82, 2.24) is 14.9 Å². The number of anilines is 2. The summed E-state index contributed by atoms with van der Waals surface area (Å²) in [5.41, 5.74) is 2.14. The third-order valence-corrected chi connectivity index (χ3v) is 5.53. The molecule has 3 aromatic rings. The second-order valence-electron chi connectivity index (χ2n) is 7.60. The van der Waals surface area contributed by atoms with Crippen molar-refractivity contribution in [2.45, 2.75) is 13.1 Å². The second kappa shape index (κ2) is 10.1. The fourth-order valence-corrected chi connectivity index (χ4v) is 3.79. The lowest BCUT2D eigenvalue weighted by Crippen LogP contribution is -2.46. The van der Waals surface area contributed by atoms with Crippen molar-refractivity contribution in [3.05, 3.63) is 82.2 Å². The summed E-state index contributed by atoms with van der Waals surface area (Å²) in [4.78, 5) is 24.3. The van der Waals surface area contributed by atoms with E-state index < -0.39 is 4.92 Å². The quantitative estimate of drug-likeness (QED) is 0.426. The van der Waals surface area contributed by atoms with Gasteiger partial charge in [0, 0.05) is 39.3 Å². The molecule has 2 aromatic carbocycles. The summed E-state index contributed by atoms with van der Waals surface area (Å²) >= 11 is 0. The number of nitrogens with one attached hydrogen (secondary N) is 1. The molecular weight excluding hydrogens is 408 g/mol. The van der Waals surface area contributed by atoms with Crippen molar-refractivity contribution in [3.8, 4) is 5.75 Å². The van der Waals surface area contributed by atoms with Gasteiger partial charge in [0.25, 0.3) is 0 Å². The van der Waals surface area contributed by atoms with Gasteiger partial charge in [-0.25, -0.2) is 9.97 Å². The number of nitro groups is 1. The zero-order valence-electron chi connectivity index (χ0n) is 18.0. The third kappa shape index (κ3) is 5.12. The molecular formula is C23H26N6O3. The van der Waals surface area contributed by atoms with Gasteiger partial charge in [-0.2, -0.15) is 0 Å². The smallest absolute Gasteiger partial charge is 0.353 e. The molecule has 1 saturated heterocycles. The van der Waals surface area contributed by atoms with Crippen molar-refractivity contribution in [3.63, 3.8) is 0 Å². The van der Waals surface area contributed by atoms with E-state index in [2.05, 4.69) is 32.3 Å². The molecule has 0 radical (unpaired) electrons. The average Bonchev–Trinajstić information content (AvgIpc) is 2.84. The number of hydrogen-bond acceptors (Lipinski definition) is 8. The monoisotopic (exact) mass is 434 g/mol. The molecule has 0 unspecified atom stereocenters. The predicted molar refractivity (Wildman–Crippen MR) is 123 cm³/mol. The molecule has 1 fully saturated rings. The Hall–Kier alpha value is -3.72. The molecule has 2 heterocycles. The first-order chi connectivity index (χ1) is 15.6. The summed E-state index contributed by atoms with van der Waals surface area (Å²) < 4.78 is 5.17. The van der Waals surface area contributed by atoms with E-state index in [1.807, 2.05) is 47.4 Å². The predicted octanol–water partition coefficient (Wildman–Crippen LogP) is 3.33. The van der Waals surface area contributed by atoms with Gasteiger partial charge in [0.2, 0.25) is 11.6 Å². The Morgan fingerprint density at radius 3 is 2.38 bits per heavy atom. The number of hydrogen-bond donors (Lipinski definition) is 1. The largest absolute Gasteiger partial charge is 0.497 e. The maximum Gasteiger partial charge on any atom is 0.353 e. The molecule has 9 heteroatoms.